The van der Waals surface area contributed by atoms with Crippen LogP contribution in [0.25, 0.3) is 0 Å². The minimum atomic E-state index is -4.62. The molecule has 0 spiro atoms. The molecule has 0 radical (unpaired) electrons. The van der Waals surface area contributed by atoms with Gasteiger partial charge in [-0.25, -0.2) is 0 Å². The number of aliphatic imine (C=N–C) groups is 1. The number of nitrogens with one attached hydrogen (secondary N) is 1. The molecule has 0 saturated carbocycles. The first-order valence-corrected chi connectivity index (χ1v) is 9.92. The lowest BCUT2D eigenvalue weighted by molar-refractivity contribution is -0.137. The summed E-state index contributed by atoms with van der Waals surface area (Å²) in [6.45, 7) is 0. The third-order valence-electron chi connectivity index (χ3n) is 4.86. The van der Waals surface area contributed by atoms with E-state index in [1.807, 2.05) is 30.3 Å². The summed E-state index contributed by atoms with van der Waals surface area (Å²) in [6.07, 6.45) is -1.63. The van der Waals surface area contributed by atoms with Gasteiger partial charge in [0.05, 0.1) is 5.56 Å². The molecule has 0 atom stereocenters. The predicted molar refractivity (Wildman–Crippen MR) is 119 cm³/mol. The summed E-state index contributed by atoms with van der Waals surface area (Å²) < 4.78 is 40.1. The van der Waals surface area contributed by atoms with Crippen molar-refractivity contribution in [1.82, 2.24) is 10.3 Å². The van der Waals surface area contributed by atoms with E-state index in [0.717, 1.165) is 16.8 Å². The number of nitrogens with zero attached hydrogens (tertiary/aromatic N) is 2. The second-order valence-corrected chi connectivity index (χ2v) is 6.99. The van der Waals surface area contributed by atoms with Crippen LogP contribution in [0.5, 0.6) is 5.75 Å². The average Bonchev–Trinajstić information content (AvgIpc) is 2.78. The Bertz CT molecular complexity index is 1180. The maximum atomic E-state index is 13.4. The van der Waals surface area contributed by atoms with Crippen molar-refractivity contribution in [2.75, 3.05) is 14.1 Å². The zero-order chi connectivity index (χ0) is 23.1. The molecule has 0 aliphatic carbocycles. The van der Waals surface area contributed by atoms with Gasteiger partial charge in [-0.15, -0.1) is 0 Å². The van der Waals surface area contributed by atoms with Gasteiger partial charge in [-0.05, 0) is 60.9 Å². The Morgan fingerprint density at radius 2 is 1.78 bits per heavy atom. The molecule has 1 heterocycles. The van der Waals surface area contributed by atoms with Gasteiger partial charge >= 0.3 is 6.18 Å². The molecule has 32 heavy (non-hydrogen) atoms. The SMILES string of the molecule is CN=C(NC)c1ccc(C#Cc2ccc(O)cc2C(F)(F)F)c(CCc2ccccn2)c1. The summed E-state index contributed by atoms with van der Waals surface area (Å²) in [4.78, 5) is 8.55. The fraction of sp³-hybridized carbons (Fsp3) is 0.200. The number of alkyl halides is 3. The van der Waals surface area contributed by atoms with Crippen molar-refractivity contribution >= 4 is 5.84 Å². The molecule has 7 heteroatoms. The van der Waals surface area contributed by atoms with Crippen molar-refractivity contribution in [1.29, 1.82) is 0 Å². The van der Waals surface area contributed by atoms with Gasteiger partial charge in [0.2, 0.25) is 0 Å². The first-order chi connectivity index (χ1) is 15.3. The van der Waals surface area contributed by atoms with Crippen LogP contribution < -0.4 is 5.32 Å². The lowest BCUT2D eigenvalue weighted by Gasteiger charge is -2.11. The van der Waals surface area contributed by atoms with E-state index in [0.29, 0.717) is 30.3 Å². The normalized spacial score (nSPS) is 11.6. The van der Waals surface area contributed by atoms with Crippen LogP contribution >= 0.6 is 0 Å². The van der Waals surface area contributed by atoms with Crippen LogP contribution in [0, 0.1) is 11.8 Å². The number of pyridine rings is 1. The Labute approximate surface area is 184 Å². The van der Waals surface area contributed by atoms with E-state index >= 15 is 0 Å². The molecule has 4 nitrogen and oxygen atoms in total. The summed E-state index contributed by atoms with van der Waals surface area (Å²) in [5, 5.41) is 12.5. The number of aryl methyl sites for hydroxylation is 2. The molecule has 3 aromatic rings. The van der Waals surface area contributed by atoms with E-state index in [9.17, 15) is 18.3 Å². The monoisotopic (exact) mass is 437 g/mol. The predicted octanol–water partition coefficient (Wildman–Crippen LogP) is 4.59. The van der Waals surface area contributed by atoms with Crippen LogP contribution in [-0.4, -0.2) is 30.0 Å². The molecule has 0 saturated heterocycles. The second kappa shape index (κ2) is 10.0. The van der Waals surface area contributed by atoms with Crippen LogP contribution in [-0.2, 0) is 19.0 Å². The summed E-state index contributed by atoms with van der Waals surface area (Å²) >= 11 is 0. The van der Waals surface area contributed by atoms with Gasteiger partial charge < -0.3 is 10.4 Å². The summed E-state index contributed by atoms with van der Waals surface area (Å²) in [5.74, 6) is 5.76. The van der Waals surface area contributed by atoms with Gasteiger partial charge in [0.1, 0.15) is 11.6 Å². The smallest absolute Gasteiger partial charge is 0.417 e. The first kappa shape index (κ1) is 22.9. The molecular formula is C25H22F3N3O. The minimum Gasteiger partial charge on any atom is -0.508 e. The van der Waals surface area contributed by atoms with Crippen molar-refractivity contribution < 1.29 is 18.3 Å². The number of hydrogen-bond acceptors (Lipinski definition) is 3. The lowest BCUT2D eigenvalue weighted by Crippen LogP contribution is -2.19. The summed E-state index contributed by atoms with van der Waals surface area (Å²) in [7, 11) is 3.45. The number of aromatic nitrogens is 1. The van der Waals surface area contributed by atoms with Crippen molar-refractivity contribution in [3.63, 3.8) is 0 Å². The molecule has 0 aliphatic rings. The fourth-order valence-electron chi connectivity index (χ4n) is 3.27. The highest BCUT2D eigenvalue weighted by atomic mass is 19.4. The van der Waals surface area contributed by atoms with E-state index in [1.54, 1.807) is 26.4 Å². The van der Waals surface area contributed by atoms with Gasteiger partial charge in [0.15, 0.2) is 0 Å². The summed E-state index contributed by atoms with van der Waals surface area (Å²) in [6, 6.07) is 14.3. The average molecular weight is 437 g/mol. The number of aromatic hydroxyl groups is 1. The van der Waals surface area contributed by atoms with Crippen molar-refractivity contribution in [2.45, 2.75) is 19.0 Å². The Morgan fingerprint density at radius 3 is 2.44 bits per heavy atom. The third kappa shape index (κ3) is 5.67. The molecule has 0 bridgehead atoms. The van der Waals surface area contributed by atoms with Crippen LogP contribution in [0.4, 0.5) is 13.2 Å². The second-order valence-electron chi connectivity index (χ2n) is 6.99. The number of phenolic OH excluding ortho intramolecular Hbond substituents is 1. The largest absolute Gasteiger partial charge is 0.508 e. The Kier molecular flexibility index (Phi) is 7.16. The molecule has 2 aromatic carbocycles. The Hall–Kier alpha value is -3.79. The first-order valence-electron chi connectivity index (χ1n) is 9.92. The van der Waals surface area contributed by atoms with Crippen molar-refractivity contribution in [2.24, 2.45) is 4.99 Å². The van der Waals surface area contributed by atoms with Crippen LogP contribution in [0.1, 0.15) is 33.5 Å². The lowest BCUT2D eigenvalue weighted by atomic mass is 9.98. The molecule has 1 aromatic heterocycles. The topological polar surface area (TPSA) is 57.5 Å². The maximum absolute atomic E-state index is 13.4. The van der Waals surface area contributed by atoms with Crippen LogP contribution in [0.3, 0.4) is 0 Å². The molecule has 0 aliphatic heterocycles. The quantitative estimate of drug-likeness (QED) is 0.357. The van der Waals surface area contributed by atoms with E-state index in [4.69, 9.17) is 0 Å². The number of amidine groups is 1. The molecule has 0 fully saturated rings. The molecule has 3 rings (SSSR count). The van der Waals surface area contributed by atoms with Gasteiger partial charge in [0.25, 0.3) is 0 Å². The third-order valence-corrected chi connectivity index (χ3v) is 4.86. The van der Waals surface area contributed by atoms with Gasteiger partial charge in [0, 0.05) is 42.7 Å². The van der Waals surface area contributed by atoms with Crippen LogP contribution in [0.15, 0.2) is 65.8 Å². The molecule has 164 valence electrons. The minimum absolute atomic E-state index is 0.193. The van der Waals surface area contributed by atoms with E-state index < -0.39 is 17.5 Å². The highest BCUT2D eigenvalue weighted by Crippen LogP contribution is 2.33. The van der Waals surface area contributed by atoms with E-state index in [2.05, 4.69) is 27.1 Å². The van der Waals surface area contributed by atoms with E-state index in [1.165, 1.54) is 12.1 Å². The fourth-order valence-corrected chi connectivity index (χ4v) is 3.27. The molecule has 0 amide bonds. The molecular weight excluding hydrogens is 415 g/mol. The van der Waals surface area contributed by atoms with Gasteiger partial charge in [-0.2, -0.15) is 13.2 Å². The number of benzene rings is 2. The maximum Gasteiger partial charge on any atom is 0.417 e. The number of hydrogen-bond donors (Lipinski definition) is 2. The summed E-state index contributed by atoms with van der Waals surface area (Å²) in [5.41, 5.74) is 2.11. The zero-order valence-electron chi connectivity index (χ0n) is 17.7. The van der Waals surface area contributed by atoms with Gasteiger partial charge in [-0.1, -0.05) is 24.0 Å². The van der Waals surface area contributed by atoms with Gasteiger partial charge in [-0.3, -0.25) is 9.98 Å². The molecule has 2 N–H and O–H groups in total. The molecule has 0 unspecified atom stereocenters. The Balaban J connectivity index is 2.01. The standard InChI is InChI=1S/C25H22F3N3O/c1-29-24(30-2)20-9-7-17(19(15-20)10-12-21-5-3-4-14-31-21)6-8-18-11-13-22(32)16-23(18)25(26,27)28/h3-5,7,9,11,13-16,32H,10,12H2,1-2H3,(H,29,30). The zero-order valence-corrected chi connectivity index (χ0v) is 17.7. The highest BCUT2D eigenvalue weighted by Gasteiger charge is 2.33. The van der Waals surface area contributed by atoms with Crippen molar-refractivity contribution in [3.05, 3.63) is 94.3 Å². The van der Waals surface area contributed by atoms with Crippen molar-refractivity contribution in [3.8, 4) is 17.6 Å². The van der Waals surface area contributed by atoms with Crippen LogP contribution in [0.2, 0.25) is 0 Å². The number of phenols is 1. The number of halogens is 3. The highest BCUT2D eigenvalue weighted by molar-refractivity contribution is 5.98. The number of rotatable bonds is 4. The van der Waals surface area contributed by atoms with E-state index in [-0.39, 0.29) is 5.56 Å². The Morgan fingerprint density at radius 1 is 1.03 bits per heavy atom.